The summed E-state index contributed by atoms with van der Waals surface area (Å²) in [5.74, 6) is 1.19. The van der Waals surface area contributed by atoms with Crippen LogP contribution in [0.25, 0.3) is 0 Å². The molecule has 2 aromatic rings. The predicted molar refractivity (Wildman–Crippen MR) is 97.5 cm³/mol. The van der Waals surface area contributed by atoms with Crippen molar-refractivity contribution >= 4 is 5.91 Å². The average molecular weight is 356 g/mol. The maximum absolute atomic E-state index is 12.8. The molecule has 0 aliphatic carbocycles. The molecule has 1 aromatic carbocycles. The maximum atomic E-state index is 12.8. The summed E-state index contributed by atoms with van der Waals surface area (Å²) in [4.78, 5) is 18.6. The molecular formula is C20H24N2O4. The molecule has 138 valence electrons. The van der Waals surface area contributed by atoms with Crippen LogP contribution < -0.4 is 9.47 Å². The number of pyridine rings is 1. The number of hydrogen-bond acceptors (Lipinski definition) is 5. The Labute approximate surface area is 153 Å². The van der Waals surface area contributed by atoms with Crippen LogP contribution in [0, 0.1) is 0 Å². The largest absolute Gasteiger partial charge is 0.490 e. The van der Waals surface area contributed by atoms with E-state index < -0.39 is 0 Å². The number of carbonyl (C=O) groups excluding carboxylic acids is 1. The van der Waals surface area contributed by atoms with Crippen molar-refractivity contribution in [3.05, 3.63) is 53.9 Å². The fourth-order valence-corrected chi connectivity index (χ4v) is 2.85. The second-order valence-electron chi connectivity index (χ2n) is 6.17. The molecule has 1 atom stereocenters. The Morgan fingerprint density at radius 2 is 2.04 bits per heavy atom. The first kappa shape index (κ1) is 18.2. The molecule has 2 heterocycles. The summed E-state index contributed by atoms with van der Waals surface area (Å²) in [6.07, 6.45) is 3.52. The van der Waals surface area contributed by atoms with Gasteiger partial charge < -0.3 is 19.1 Å². The van der Waals surface area contributed by atoms with Gasteiger partial charge in [-0.2, -0.15) is 0 Å². The molecule has 6 heteroatoms. The maximum Gasteiger partial charge on any atom is 0.254 e. The number of nitrogens with zero attached hydrogens (tertiary/aromatic N) is 2. The van der Waals surface area contributed by atoms with E-state index in [-0.39, 0.29) is 12.0 Å². The summed E-state index contributed by atoms with van der Waals surface area (Å²) in [7, 11) is 0. The molecule has 26 heavy (non-hydrogen) atoms. The fourth-order valence-electron chi connectivity index (χ4n) is 2.85. The minimum atomic E-state index is -0.0122. The summed E-state index contributed by atoms with van der Waals surface area (Å²) in [5, 5.41) is 0. The molecule has 3 rings (SSSR count). The van der Waals surface area contributed by atoms with Gasteiger partial charge in [-0.3, -0.25) is 9.78 Å². The van der Waals surface area contributed by atoms with Gasteiger partial charge in [0.05, 0.1) is 19.3 Å². The first-order valence-corrected chi connectivity index (χ1v) is 8.86. The third-order valence-electron chi connectivity index (χ3n) is 4.16. The van der Waals surface area contributed by atoms with Gasteiger partial charge in [-0.15, -0.1) is 0 Å². The summed E-state index contributed by atoms with van der Waals surface area (Å²) < 4.78 is 17.1. The summed E-state index contributed by atoms with van der Waals surface area (Å²) >= 11 is 0. The lowest BCUT2D eigenvalue weighted by Gasteiger charge is -2.31. The molecule has 0 saturated carbocycles. The molecule has 1 aliphatic heterocycles. The number of rotatable bonds is 6. The minimum Gasteiger partial charge on any atom is -0.490 e. The Hall–Kier alpha value is -2.60. The molecule has 1 unspecified atom stereocenters. The quantitative estimate of drug-likeness (QED) is 0.796. The third-order valence-corrected chi connectivity index (χ3v) is 4.16. The molecule has 0 spiro atoms. The van der Waals surface area contributed by atoms with Crippen LogP contribution in [0.4, 0.5) is 0 Å². The Kier molecular flexibility index (Phi) is 6.07. The van der Waals surface area contributed by atoms with Gasteiger partial charge in [-0.05, 0) is 49.7 Å². The van der Waals surface area contributed by atoms with E-state index in [1.165, 1.54) is 0 Å². The number of carbonyl (C=O) groups is 1. The SMILES string of the molecule is CCOc1cc(C(=O)N2CCOC(C)C2)ccc1OCc1ccncc1. The number of morpholine rings is 1. The zero-order valence-corrected chi connectivity index (χ0v) is 15.2. The lowest BCUT2D eigenvalue weighted by molar-refractivity contribution is -0.0124. The van der Waals surface area contributed by atoms with Gasteiger partial charge in [0.2, 0.25) is 0 Å². The average Bonchev–Trinajstić information content (AvgIpc) is 2.67. The first-order valence-electron chi connectivity index (χ1n) is 8.86. The molecule has 1 aromatic heterocycles. The van der Waals surface area contributed by atoms with Crippen molar-refractivity contribution in [1.29, 1.82) is 0 Å². The minimum absolute atomic E-state index is 0.0122. The van der Waals surface area contributed by atoms with E-state index in [0.717, 1.165) is 5.56 Å². The van der Waals surface area contributed by atoms with E-state index in [1.54, 1.807) is 30.6 Å². The molecule has 1 aliphatic rings. The second-order valence-corrected chi connectivity index (χ2v) is 6.17. The molecule has 1 amide bonds. The number of aromatic nitrogens is 1. The van der Waals surface area contributed by atoms with Gasteiger partial charge >= 0.3 is 0 Å². The van der Waals surface area contributed by atoms with Crippen molar-refractivity contribution in [1.82, 2.24) is 9.88 Å². The number of hydrogen-bond donors (Lipinski definition) is 0. The zero-order chi connectivity index (χ0) is 18.4. The van der Waals surface area contributed by atoms with Crippen molar-refractivity contribution in [2.45, 2.75) is 26.6 Å². The summed E-state index contributed by atoms with van der Waals surface area (Å²) in [6, 6.07) is 9.14. The van der Waals surface area contributed by atoms with Crippen molar-refractivity contribution in [2.24, 2.45) is 0 Å². The Balaban J connectivity index is 1.74. The summed E-state index contributed by atoms with van der Waals surface area (Å²) in [6.45, 7) is 6.56. The highest BCUT2D eigenvalue weighted by molar-refractivity contribution is 5.95. The Morgan fingerprint density at radius 3 is 2.77 bits per heavy atom. The number of amides is 1. The van der Waals surface area contributed by atoms with Gasteiger partial charge in [0.1, 0.15) is 6.61 Å². The fraction of sp³-hybridized carbons (Fsp3) is 0.400. The van der Waals surface area contributed by atoms with Crippen LogP contribution in [0.15, 0.2) is 42.7 Å². The van der Waals surface area contributed by atoms with E-state index in [9.17, 15) is 4.79 Å². The molecule has 1 saturated heterocycles. The van der Waals surface area contributed by atoms with E-state index in [1.807, 2.05) is 30.9 Å². The van der Waals surface area contributed by atoms with Crippen LogP contribution in [-0.2, 0) is 11.3 Å². The van der Waals surface area contributed by atoms with E-state index in [4.69, 9.17) is 14.2 Å². The van der Waals surface area contributed by atoms with Crippen LogP contribution in [-0.4, -0.2) is 48.2 Å². The van der Waals surface area contributed by atoms with Crippen molar-refractivity contribution < 1.29 is 19.0 Å². The smallest absolute Gasteiger partial charge is 0.254 e. The topological polar surface area (TPSA) is 60.9 Å². The lowest BCUT2D eigenvalue weighted by atomic mass is 10.1. The van der Waals surface area contributed by atoms with E-state index in [0.29, 0.717) is 50.0 Å². The van der Waals surface area contributed by atoms with Gasteiger partial charge in [0.25, 0.3) is 5.91 Å². The third kappa shape index (κ3) is 4.52. The van der Waals surface area contributed by atoms with Gasteiger partial charge in [0.15, 0.2) is 11.5 Å². The van der Waals surface area contributed by atoms with Crippen LogP contribution in [0.3, 0.4) is 0 Å². The standard InChI is InChI=1S/C20H24N2O4/c1-3-24-19-12-17(20(23)22-10-11-25-15(2)13-22)4-5-18(19)26-14-16-6-8-21-9-7-16/h4-9,12,15H,3,10-11,13-14H2,1-2H3. The Morgan fingerprint density at radius 1 is 1.23 bits per heavy atom. The first-order chi connectivity index (χ1) is 12.7. The molecule has 1 fully saturated rings. The van der Waals surface area contributed by atoms with Crippen LogP contribution in [0.5, 0.6) is 11.5 Å². The highest BCUT2D eigenvalue weighted by Gasteiger charge is 2.23. The van der Waals surface area contributed by atoms with E-state index in [2.05, 4.69) is 4.98 Å². The predicted octanol–water partition coefficient (Wildman–Crippen LogP) is 2.92. The normalized spacial score (nSPS) is 17.0. The number of ether oxygens (including phenoxy) is 3. The lowest BCUT2D eigenvalue weighted by Crippen LogP contribution is -2.44. The Bertz CT molecular complexity index is 736. The number of benzene rings is 1. The highest BCUT2D eigenvalue weighted by atomic mass is 16.5. The van der Waals surface area contributed by atoms with Crippen molar-refractivity contribution in [2.75, 3.05) is 26.3 Å². The van der Waals surface area contributed by atoms with Crippen LogP contribution in [0.2, 0.25) is 0 Å². The van der Waals surface area contributed by atoms with Crippen LogP contribution in [0.1, 0.15) is 29.8 Å². The molecule has 0 bridgehead atoms. The van der Waals surface area contributed by atoms with Gasteiger partial charge in [-0.25, -0.2) is 0 Å². The molecule has 0 N–H and O–H groups in total. The molecule has 6 nitrogen and oxygen atoms in total. The van der Waals surface area contributed by atoms with E-state index >= 15 is 0 Å². The second kappa shape index (κ2) is 8.67. The monoisotopic (exact) mass is 356 g/mol. The van der Waals surface area contributed by atoms with Crippen molar-refractivity contribution in [3.63, 3.8) is 0 Å². The highest BCUT2D eigenvalue weighted by Crippen LogP contribution is 2.30. The van der Waals surface area contributed by atoms with Gasteiger partial charge in [-0.1, -0.05) is 0 Å². The zero-order valence-electron chi connectivity index (χ0n) is 15.2. The summed E-state index contributed by atoms with van der Waals surface area (Å²) in [5.41, 5.74) is 1.61. The van der Waals surface area contributed by atoms with Crippen LogP contribution >= 0.6 is 0 Å². The molecule has 0 radical (unpaired) electrons. The van der Waals surface area contributed by atoms with Crippen molar-refractivity contribution in [3.8, 4) is 11.5 Å². The van der Waals surface area contributed by atoms with Gasteiger partial charge in [0, 0.05) is 31.0 Å². The molecular weight excluding hydrogens is 332 g/mol.